The number of amides is 2. The molecule has 0 spiro atoms. The van der Waals surface area contributed by atoms with Crippen LogP contribution < -0.4 is 15.5 Å². The fraction of sp³-hybridized carbons (Fsp3) is 0.444. The normalized spacial score (nSPS) is 11.6. The summed E-state index contributed by atoms with van der Waals surface area (Å²) in [6.45, 7) is 10.9. The minimum absolute atomic E-state index is 0.0271. The third-order valence-electron chi connectivity index (χ3n) is 5.09. The summed E-state index contributed by atoms with van der Waals surface area (Å²) in [6.07, 6.45) is 2.17. The Morgan fingerprint density at radius 1 is 1.03 bits per heavy atom. The maximum atomic E-state index is 13.1. The molecule has 0 bridgehead atoms. The number of carbonyl (C=O) groups is 3. The van der Waals surface area contributed by atoms with Gasteiger partial charge >= 0.3 is 18.2 Å². The summed E-state index contributed by atoms with van der Waals surface area (Å²) in [4.78, 5) is 42.8. The molecular weight excluding hydrogens is 504 g/mol. The molecule has 210 valence electrons. The zero-order chi connectivity index (χ0) is 28.8. The van der Waals surface area contributed by atoms with E-state index in [0.717, 1.165) is 16.8 Å². The van der Waals surface area contributed by atoms with Crippen molar-refractivity contribution in [1.29, 1.82) is 0 Å². The van der Waals surface area contributed by atoms with Crippen LogP contribution >= 0.6 is 0 Å². The van der Waals surface area contributed by atoms with Gasteiger partial charge in [-0.05, 0) is 65.3 Å². The number of fused-ring (bicyclic) bond motifs is 1. The monoisotopic (exact) mass is 540 g/mol. The van der Waals surface area contributed by atoms with E-state index in [4.69, 9.17) is 14.5 Å². The molecule has 0 unspecified atom stereocenters. The lowest BCUT2D eigenvalue weighted by atomic mass is 10.1. The Kier molecular flexibility index (Phi) is 9.00. The maximum Gasteiger partial charge on any atom is 0.416 e. The van der Waals surface area contributed by atoms with Crippen molar-refractivity contribution >= 4 is 35.3 Å². The first-order valence-electron chi connectivity index (χ1n) is 12.5. The van der Waals surface area contributed by atoms with Crippen molar-refractivity contribution < 1.29 is 28.6 Å². The van der Waals surface area contributed by atoms with Gasteiger partial charge in [-0.2, -0.15) is 5.10 Å². The van der Waals surface area contributed by atoms with Crippen LogP contribution in [0.1, 0.15) is 41.5 Å². The predicted molar refractivity (Wildman–Crippen MR) is 147 cm³/mol. The molecule has 2 amide bonds. The maximum absolute atomic E-state index is 13.1. The topological polar surface area (TPSA) is 136 Å². The van der Waals surface area contributed by atoms with E-state index in [9.17, 15) is 14.4 Å². The van der Waals surface area contributed by atoms with Crippen LogP contribution in [0.3, 0.4) is 0 Å². The lowest BCUT2D eigenvalue weighted by Crippen LogP contribution is -2.43. The summed E-state index contributed by atoms with van der Waals surface area (Å²) in [5.74, 6) is -0.0597. The van der Waals surface area contributed by atoms with Crippen LogP contribution in [0.25, 0.3) is 16.8 Å². The van der Waals surface area contributed by atoms with Gasteiger partial charge in [-0.1, -0.05) is 12.1 Å². The Morgan fingerprint density at radius 3 is 2.41 bits per heavy atom. The van der Waals surface area contributed by atoms with Gasteiger partial charge in [0.25, 0.3) is 0 Å². The molecule has 2 N–H and O–H groups in total. The molecule has 12 heteroatoms. The van der Waals surface area contributed by atoms with Gasteiger partial charge in [0.1, 0.15) is 23.6 Å². The summed E-state index contributed by atoms with van der Waals surface area (Å²) >= 11 is 0. The standard InChI is InChI=1S/C27H36N6O6/c1-26(2,3)38-24(35)28-12-14-32(25(36)39-27(4,5)6)21-11-13-33-23(31-21)20(16-30-33)18-9-8-10-19(15-18)29-17-22(34)37-7/h8-11,13,15-16,29H,12,14,17H2,1-7H3,(H,28,35). The van der Waals surface area contributed by atoms with Crippen LogP contribution in [-0.4, -0.2) is 70.7 Å². The molecule has 2 aromatic heterocycles. The van der Waals surface area contributed by atoms with Crippen LogP contribution in [0.2, 0.25) is 0 Å². The summed E-state index contributed by atoms with van der Waals surface area (Å²) in [6, 6.07) is 9.09. The summed E-state index contributed by atoms with van der Waals surface area (Å²) < 4.78 is 17.2. The number of rotatable bonds is 8. The van der Waals surface area contributed by atoms with Crippen molar-refractivity contribution in [3.8, 4) is 11.1 Å². The highest BCUT2D eigenvalue weighted by Gasteiger charge is 2.25. The first-order valence-corrected chi connectivity index (χ1v) is 12.5. The minimum atomic E-state index is -0.739. The molecule has 0 atom stereocenters. The van der Waals surface area contributed by atoms with Gasteiger partial charge in [0, 0.05) is 30.5 Å². The van der Waals surface area contributed by atoms with E-state index >= 15 is 0 Å². The number of anilines is 2. The zero-order valence-corrected chi connectivity index (χ0v) is 23.4. The average Bonchev–Trinajstić information content (AvgIpc) is 3.26. The fourth-order valence-electron chi connectivity index (χ4n) is 3.46. The molecule has 0 radical (unpaired) electrons. The van der Waals surface area contributed by atoms with Gasteiger partial charge in [-0.15, -0.1) is 0 Å². The molecule has 0 aliphatic carbocycles. The van der Waals surface area contributed by atoms with Gasteiger partial charge in [0.2, 0.25) is 0 Å². The highest BCUT2D eigenvalue weighted by Crippen LogP contribution is 2.27. The Morgan fingerprint density at radius 2 is 1.74 bits per heavy atom. The number of hydrogen-bond donors (Lipinski definition) is 2. The highest BCUT2D eigenvalue weighted by atomic mass is 16.6. The highest BCUT2D eigenvalue weighted by molar-refractivity contribution is 5.88. The van der Waals surface area contributed by atoms with Crippen molar-refractivity contribution in [3.63, 3.8) is 0 Å². The minimum Gasteiger partial charge on any atom is -0.468 e. The molecule has 0 aliphatic heterocycles. The molecule has 0 saturated heterocycles. The number of methoxy groups -OCH3 is 1. The predicted octanol–water partition coefficient (Wildman–Crippen LogP) is 4.25. The van der Waals surface area contributed by atoms with Crippen molar-refractivity contribution in [2.24, 2.45) is 0 Å². The van der Waals surface area contributed by atoms with E-state index in [1.165, 1.54) is 12.0 Å². The van der Waals surface area contributed by atoms with Gasteiger partial charge in [0.15, 0.2) is 5.65 Å². The van der Waals surface area contributed by atoms with E-state index in [1.54, 1.807) is 64.5 Å². The number of aromatic nitrogens is 3. The quantitative estimate of drug-likeness (QED) is 0.317. The molecule has 3 aromatic rings. The van der Waals surface area contributed by atoms with E-state index in [2.05, 4.69) is 20.5 Å². The van der Waals surface area contributed by atoms with Crippen LogP contribution in [0.15, 0.2) is 42.7 Å². The number of benzene rings is 1. The second kappa shape index (κ2) is 12.0. The van der Waals surface area contributed by atoms with Crippen LogP contribution in [0.4, 0.5) is 21.1 Å². The second-order valence-corrected chi connectivity index (χ2v) is 10.7. The Hall–Kier alpha value is -4.35. The first-order chi connectivity index (χ1) is 18.3. The second-order valence-electron chi connectivity index (χ2n) is 10.7. The molecule has 0 fully saturated rings. The Balaban J connectivity index is 1.89. The number of nitrogens with one attached hydrogen (secondary N) is 2. The smallest absolute Gasteiger partial charge is 0.416 e. The Bertz CT molecular complexity index is 1320. The number of nitrogens with zero attached hydrogens (tertiary/aromatic N) is 4. The lowest BCUT2D eigenvalue weighted by Gasteiger charge is -2.27. The van der Waals surface area contributed by atoms with E-state index in [1.807, 2.05) is 24.3 Å². The van der Waals surface area contributed by atoms with Crippen molar-refractivity contribution in [3.05, 3.63) is 42.7 Å². The van der Waals surface area contributed by atoms with Gasteiger partial charge < -0.3 is 24.8 Å². The molecule has 0 saturated carbocycles. The van der Waals surface area contributed by atoms with E-state index in [-0.39, 0.29) is 25.6 Å². The molecule has 39 heavy (non-hydrogen) atoms. The number of hydrogen-bond acceptors (Lipinski definition) is 9. The number of carbonyl (C=O) groups excluding carboxylic acids is 3. The van der Waals surface area contributed by atoms with Crippen molar-refractivity contribution in [1.82, 2.24) is 19.9 Å². The molecule has 3 rings (SSSR count). The van der Waals surface area contributed by atoms with Crippen LogP contribution in [0.5, 0.6) is 0 Å². The summed E-state index contributed by atoms with van der Waals surface area (Å²) in [5, 5.41) is 10.1. The number of ether oxygens (including phenoxy) is 3. The third kappa shape index (κ3) is 8.59. The molecule has 0 aliphatic rings. The lowest BCUT2D eigenvalue weighted by molar-refractivity contribution is -0.138. The summed E-state index contributed by atoms with van der Waals surface area (Å²) in [5.41, 5.74) is 1.36. The number of esters is 1. The molecule has 2 heterocycles. The average molecular weight is 541 g/mol. The van der Waals surface area contributed by atoms with Gasteiger partial charge in [-0.25, -0.2) is 19.1 Å². The first kappa shape index (κ1) is 29.2. The zero-order valence-electron chi connectivity index (χ0n) is 23.4. The Labute approximate surface area is 227 Å². The largest absolute Gasteiger partial charge is 0.468 e. The van der Waals surface area contributed by atoms with Crippen molar-refractivity contribution in [2.75, 3.05) is 37.0 Å². The van der Waals surface area contributed by atoms with Crippen LogP contribution in [0, 0.1) is 0 Å². The van der Waals surface area contributed by atoms with Gasteiger partial charge in [-0.3, -0.25) is 9.69 Å². The summed E-state index contributed by atoms with van der Waals surface area (Å²) in [7, 11) is 1.33. The van der Waals surface area contributed by atoms with E-state index < -0.39 is 23.4 Å². The SMILES string of the molecule is COC(=O)CNc1cccc(-c2cnn3ccc(N(CCNC(=O)OC(C)(C)C)C(=O)OC(C)(C)C)nc23)c1. The van der Waals surface area contributed by atoms with Gasteiger partial charge in [0.05, 0.1) is 13.3 Å². The fourth-order valence-corrected chi connectivity index (χ4v) is 3.46. The molecular formula is C27H36N6O6. The third-order valence-corrected chi connectivity index (χ3v) is 5.09. The molecule has 12 nitrogen and oxygen atoms in total. The van der Waals surface area contributed by atoms with E-state index in [0.29, 0.717) is 11.5 Å². The molecule has 1 aromatic carbocycles. The number of alkyl carbamates (subject to hydrolysis) is 1. The van der Waals surface area contributed by atoms with Crippen molar-refractivity contribution in [2.45, 2.75) is 52.7 Å². The van der Waals surface area contributed by atoms with Crippen LogP contribution in [-0.2, 0) is 19.0 Å².